The van der Waals surface area contributed by atoms with Crippen molar-refractivity contribution in [3.63, 3.8) is 0 Å². The molecule has 0 radical (unpaired) electrons. The van der Waals surface area contributed by atoms with E-state index in [1.54, 1.807) is 39.8 Å². The number of anilines is 1. The smallest absolute Gasteiger partial charge is 0.312 e. The average Bonchev–Trinajstić information content (AvgIpc) is 3.51. The third-order valence-electron chi connectivity index (χ3n) is 11.8. The number of aliphatic hydroxyl groups excluding tert-OH is 2. The first-order valence-electron chi connectivity index (χ1n) is 20.6. The second-order valence-electron chi connectivity index (χ2n) is 16.3. The van der Waals surface area contributed by atoms with Gasteiger partial charge >= 0.3 is 11.8 Å². The van der Waals surface area contributed by atoms with Gasteiger partial charge in [-0.25, -0.2) is 0 Å². The van der Waals surface area contributed by atoms with Crippen LogP contribution in [0.4, 0.5) is 5.69 Å². The third kappa shape index (κ3) is 9.75. The van der Waals surface area contributed by atoms with Crippen LogP contribution in [0.15, 0.2) is 71.6 Å². The molecule has 1 amide bonds. The lowest BCUT2D eigenvalue weighted by atomic mass is 9.78. The standard InChI is InChI=1S/C47H58N2O13/c1-24-15-13-16-25(2)46(57)49-37-32(23-48-60-21-14-19-31-17-11-10-12-18-31)41(54)34-35(42(37)55)40(53)29(6)44-36(34)45(56)47(8,62-44)59-22-20-33(58-9)26(3)43(61-30(7)50)28(5)39(52)27(4)38(24)51/h10-13,15-18,20,22-24,26-28,33,38-39,43,51-55H,14,19,21H2,1-9H3,(H,49,57)/b15-13?,22-20?,25-16?,48-23+. The molecule has 6 N–H and O–H groups in total. The Morgan fingerprint density at radius 3 is 2.29 bits per heavy atom. The molecule has 334 valence electrons. The molecule has 0 saturated heterocycles. The first kappa shape index (κ1) is 47.2. The van der Waals surface area contributed by atoms with E-state index < -0.39 is 88.8 Å². The number of methoxy groups -OCH3 is 1. The molecule has 0 fully saturated rings. The second kappa shape index (κ2) is 19.9. The molecule has 0 aliphatic carbocycles. The van der Waals surface area contributed by atoms with Gasteiger partial charge in [-0.3, -0.25) is 14.4 Å². The van der Waals surface area contributed by atoms with Gasteiger partial charge in [0, 0.05) is 61.2 Å². The fourth-order valence-corrected chi connectivity index (χ4v) is 8.00. The van der Waals surface area contributed by atoms with E-state index in [0.717, 1.165) is 11.8 Å². The number of oxime groups is 1. The number of carbonyl (C=O) groups is 3. The van der Waals surface area contributed by atoms with Crippen LogP contribution in [0.25, 0.3) is 10.8 Å². The van der Waals surface area contributed by atoms with Crippen molar-refractivity contribution in [1.29, 1.82) is 0 Å². The molecule has 0 aromatic heterocycles. The van der Waals surface area contributed by atoms with Gasteiger partial charge in [0.2, 0.25) is 0 Å². The van der Waals surface area contributed by atoms with Crippen LogP contribution in [0.5, 0.6) is 23.0 Å². The molecule has 3 heterocycles. The quantitative estimate of drug-likeness (QED) is 0.0346. The number of ether oxygens (including phenoxy) is 4. The molecule has 5 bridgehead atoms. The number of esters is 1. The molecule has 3 aromatic carbocycles. The SMILES string of the molecule is COC1C=COC2(C)Oc3c(C)c(O)c4c(O)c(c(/C=N/OCCCc5ccccc5)c(O)c4c3C2=O)NC(=O)C(C)=CC=CC(C)C(O)C(C)C(O)C(C)C(OC(C)=O)C1C. The highest BCUT2D eigenvalue weighted by molar-refractivity contribution is 6.23. The highest BCUT2D eigenvalue weighted by Crippen LogP contribution is 2.55. The Balaban J connectivity index is 1.64. The van der Waals surface area contributed by atoms with Crippen LogP contribution < -0.4 is 10.1 Å². The van der Waals surface area contributed by atoms with Gasteiger partial charge in [0.25, 0.3) is 11.7 Å². The number of nitrogens with one attached hydrogen (secondary N) is 1. The Labute approximate surface area is 361 Å². The fraction of sp³-hybridized carbons (Fsp3) is 0.447. The predicted octanol–water partition coefficient (Wildman–Crippen LogP) is 6.74. The summed E-state index contributed by atoms with van der Waals surface area (Å²) in [6.45, 7) is 12.6. The molecule has 15 heteroatoms. The van der Waals surface area contributed by atoms with E-state index in [1.807, 2.05) is 30.3 Å². The van der Waals surface area contributed by atoms with Crippen LogP contribution in [0.1, 0.15) is 81.9 Å². The number of phenols is 3. The minimum absolute atomic E-state index is 0.0322. The van der Waals surface area contributed by atoms with Crippen molar-refractivity contribution < 1.29 is 63.7 Å². The number of fused-ring (bicyclic) bond motifs is 14. The number of aromatic hydroxyl groups is 3. The zero-order valence-electron chi connectivity index (χ0n) is 36.5. The van der Waals surface area contributed by atoms with Crippen LogP contribution in [-0.2, 0) is 35.1 Å². The van der Waals surface area contributed by atoms with Gasteiger partial charge in [0.1, 0.15) is 30.0 Å². The summed E-state index contributed by atoms with van der Waals surface area (Å²) in [6, 6.07) is 9.77. The van der Waals surface area contributed by atoms with Gasteiger partial charge in [-0.05, 0) is 38.3 Å². The minimum atomic E-state index is -2.07. The van der Waals surface area contributed by atoms with E-state index in [2.05, 4.69) is 10.5 Å². The molecule has 9 unspecified atom stereocenters. The molecule has 15 nitrogen and oxygen atoms in total. The number of benzene rings is 3. The number of ketones is 1. The predicted molar refractivity (Wildman–Crippen MR) is 232 cm³/mol. The summed E-state index contributed by atoms with van der Waals surface area (Å²) >= 11 is 0. The lowest BCUT2D eigenvalue weighted by molar-refractivity contribution is -0.160. The zero-order chi connectivity index (χ0) is 45.6. The van der Waals surface area contributed by atoms with Crippen molar-refractivity contribution in [1.82, 2.24) is 0 Å². The molecule has 0 spiro atoms. The molecule has 0 saturated carbocycles. The number of phenolic OH excluding ortho intramolecular Hbond substituents is 3. The minimum Gasteiger partial charge on any atom is -0.507 e. The Kier molecular flexibility index (Phi) is 15.1. The molecule has 3 aromatic rings. The number of hydrogen-bond donors (Lipinski definition) is 6. The van der Waals surface area contributed by atoms with Gasteiger partial charge in [-0.1, -0.05) is 81.4 Å². The fourth-order valence-electron chi connectivity index (χ4n) is 8.00. The van der Waals surface area contributed by atoms with Crippen LogP contribution >= 0.6 is 0 Å². The summed E-state index contributed by atoms with van der Waals surface area (Å²) in [5, 5.41) is 64.4. The maximum absolute atomic E-state index is 14.4. The highest BCUT2D eigenvalue weighted by atomic mass is 16.7. The number of carbonyl (C=O) groups excluding carboxylic acids is 3. The average molecular weight is 859 g/mol. The van der Waals surface area contributed by atoms with E-state index in [1.165, 1.54) is 53.2 Å². The Morgan fingerprint density at radius 2 is 1.63 bits per heavy atom. The summed E-state index contributed by atoms with van der Waals surface area (Å²) in [5.74, 6) is -8.67. The van der Waals surface area contributed by atoms with Gasteiger partial charge in [-0.2, -0.15) is 0 Å². The summed E-state index contributed by atoms with van der Waals surface area (Å²) in [6.07, 6.45) is 5.84. The number of nitrogens with zero attached hydrogens (tertiary/aromatic N) is 1. The van der Waals surface area contributed by atoms with Crippen LogP contribution in [0.3, 0.4) is 0 Å². The van der Waals surface area contributed by atoms with Crippen LogP contribution in [0, 0.1) is 30.6 Å². The van der Waals surface area contributed by atoms with Gasteiger partial charge < -0.3 is 54.6 Å². The maximum atomic E-state index is 14.4. The van der Waals surface area contributed by atoms with E-state index in [9.17, 15) is 39.9 Å². The van der Waals surface area contributed by atoms with E-state index >= 15 is 0 Å². The molecule has 3 aliphatic heterocycles. The highest BCUT2D eigenvalue weighted by Gasteiger charge is 2.50. The van der Waals surface area contributed by atoms with Gasteiger partial charge in [0.05, 0.1) is 53.0 Å². The van der Waals surface area contributed by atoms with Crippen molar-refractivity contribution in [3.8, 4) is 23.0 Å². The Hall–Kier alpha value is -5.90. The molecule has 62 heavy (non-hydrogen) atoms. The van der Waals surface area contributed by atoms with Crippen molar-refractivity contribution >= 4 is 40.3 Å². The lowest BCUT2D eigenvalue weighted by Gasteiger charge is -2.38. The summed E-state index contributed by atoms with van der Waals surface area (Å²) in [5.41, 5.74) is 0.484. The summed E-state index contributed by atoms with van der Waals surface area (Å²) in [7, 11) is 1.43. The lowest BCUT2D eigenvalue weighted by Crippen LogP contribution is -2.46. The number of Topliss-reactive ketones (excluding diaryl/α,β-unsaturated/α-hetero) is 1. The summed E-state index contributed by atoms with van der Waals surface area (Å²) in [4.78, 5) is 46.0. The van der Waals surface area contributed by atoms with E-state index in [4.69, 9.17) is 23.8 Å². The number of aryl methyl sites for hydroxylation is 1. The first-order valence-corrected chi connectivity index (χ1v) is 20.6. The molecule has 6 rings (SSSR count). The van der Waals surface area contributed by atoms with Crippen LogP contribution in [0.2, 0.25) is 0 Å². The van der Waals surface area contributed by atoms with E-state index in [-0.39, 0.29) is 51.1 Å². The Bertz CT molecular complexity index is 2270. The van der Waals surface area contributed by atoms with Crippen molar-refractivity contribution in [3.05, 3.63) is 88.7 Å². The van der Waals surface area contributed by atoms with Gasteiger partial charge in [0.15, 0.2) is 5.75 Å². The molecular weight excluding hydrogens is 801 g/mol. The number of aliphatic hydroxyl groups is 2. The topological polar surface area (TPSA) is 223 Å². The van der Waals surface area contributed by atoms with Crippen molar-refractivity contribution in [2.24, 2.45) is 28.8 Å². The van der Waals surface area contributed by atoms with Crippen LogP contribution in [-0.4, -0.2) is 93.3 Å². The monoisotopic (exact) mass is 858 g/mol. The Morgan fingerprint density at radius 1 is 0.935 bits per heavy atom. The summed E-state index contributed by atoms with van der Waals surface area (Å²) < 4.78 is 23.6. The largest absolute Gasteiger partial charge is 0.507 e. The van der Waals surface area contributed by atoms with Gasteiger partial charge in [-0.15, -0.1) is 0 Å². The van der Waals surface area contributed by atoms with E-state index in [0.29, 0.717) is 12.8 Å². The number of amides is 1. The number of hydrogen-bond acceptors (Lipinski definition) is 14. The third-order valence-corrected chi connectivity index (χ3v) is 11.8. The number of rotatable bonds is 8. The van der Waals surface area contributed by atoms with Crippen molar-refractivity contribution in [2.45, 2.75) is 98.4 Å². The van der Waals surface area contributed by atoms with Crippen molar-refractivity contribution in [2.75, 3.05) is 19.0 Å². The first-order chi connectivity index (χ1) is 29.3. The normalized spacial score (nSPS) is 27.2. The molecule has 9 atom stereocenters. The molecule has 3 aliphatic rings. The molecular formula is C47H58N2O13. The zero-order valence-corrected chi connectivity index (χ0v) is 36.5. The number of allylic oxidation sites excluding steroid dienone is 2. The second-order valence-corrected chi connectivity index (χ2v) is 16.3. The maximum Gasteiger partial charge on any atom is 0.312 e.